The zero-order valence-electron chi connectivity index (χ0n) is 23.4. The van der Waals surface area contributed by atoms with E-state index in [2.05, 4.69) is 15.9 Å². The minimum Gasteiger partial charge on any atom is -0.367 e. The van der Waals surface area contributed by atoms with Gasteiger partial charge in [0.05, 0.1) is 22.9 Å². The summed E-state index contributed by atoms with van der Waals surface area (Å²) in [6.45, 7) is 3.81. The lowest BCUT2D eigenvalue weighted by Gasteiger charge is -2.38. The maximum absolute atomic E-state index is 14.0. The molecular weight excluding hydrogens is 563 g/mol. The summed E-state index contributed by atoms with van der Waals surface area (Å²) in [5.74, 6) is 0.0622. The van der Waals surface area contributed by atoms with E-state index >= 15 is 0 Å². The molecule has 2 aliphatic heterocycles. The predicted octanol–water partition coefficient (Wildman–Crippen LogP) is 5.65. The summed E-state index contributed by atoms with van der Waals surface area (Å²) in [4.78, 5) is 22.2. The maximum atomic E-state index is 14.0. The quantitative estimate of drug-likeness (QED) is 0.353. The Hall–Kier alpha value is -3.58. The second-order valence-electron chi connectivity index (χ2n) is 11.0. The number of alkyl halides is 3. The van der Waals surface area contributed by atoms with E-state index in [9.17, 15) is 23.2 Å². The third-order valence-electron chi connectivity index (χ3n) is 8.27. The molecule has 0 saturated carbocycles. The number of hydrogen-bond acceptors (Lipinski definition) is 5. The molecule has 1 amide bonds. The van der Waals surface area contributed by atoms with Crippen LogP contribution < -0.4 is 4.90 Å². The fourth-order valence-electron chi connectivity index (χ4n) is 5.94. The van der Waals surface area contributed by atoms with Crippen LogP contribution in [0.25, 0.3) is 0 Å². The zero-order chi connectivity index (χ0) is 29.9. The highest BCUT2D eigenvalue weighted by molar-refractivity contribution is 6.31. The van der Waals surface area contributed by atoms with Gasteiger partial charge in [-0.3, -0.25) is 14.6 Å². The minimum atomic E-state index is -4.45. The van der Waals surface area contributed by atoms with Crippen LogP contribution in [0.2, 0.25) is 5.02 Å². The molecular formula is C32H33ClF3N5O. The number of nitrogens with zero attached hydrogens (tertiary/aromatic N) is 5. The molecule has 2 heterocycles. The lowest BCUT2D eigenvalue weighted by molar-refractivity contribution is -0.138. The van der Waals surface area contributed by atoms with Gasteiger partial charge >= 0.3 is 6.18 Å². The smallest absolute Gasteiger partial charge is 0.367 e. The standard InChI is InChI=1S/C32H33ClF3N5O/c1-38(21-25-17-26(32(34,35)36)11-12-28(25)33)27-18-30(41(22-27)20-23-7-3-2-4-8-23)31(42)40-15-13-39(14-16-40)29-10-6-5-9-24(29)19-37/h2-12,17,27,30H,13-16,18,20-22H2,1H3. The molecule has 3 aromatic rings. The Kier molecular flexibility index (Phi) is 9.07. The molecule has 0 aliphatic carbocycles. The van der Waals surface area contributed by atoms with E-state index in [1.165, 1.54) is 6.07 Å². The van der Waals surface area contributed by atoms with Crippen LogP contribution in [0, 0.1) is 11.3 Å². The number of anilines is 1. The molecule has 3 aromatic carbocycles. The van der Waals surface area contributed by atoms with E-state index in [1.54, 1.807) is 6.07 Å². The molecule has 0 N–H and O–H groups in total. The number of benzene rings is 3. The number of carbonyl (C=O) groups is 1. The average molecular weight is 596 g/mol. The fourth-order valence-corrected chi connectivity index (χ4v) is 6.12. The first-order valence-electron chi connectivity index (χ1n) is 14.0. The van der Waals surface area contributed by atoms with Crippen LogP contribution in [-0.4, -0.2) is 72.5 Å². The third-order valence-corrected chi connectivity index (χ3v) is 8.64. The summed E-state index contributed by atoms with van der Waals surface area (Å²) in [6, 6.07) is 22.7. The summed E-state index contributed by atoms with van der Waals surface area (Å²) in [7, 11) is 1.88. The molecule has 10 heteroatoms. The van der Waals surface area contributed by atoms with Crippen LogP contribution in [0.3, 0.4) is 0 Å². The number of piperazine rings is 1. The van der Waals surface area contributed by atoms with Crippen molar-refractivity contribution in [2.45, 2.75) is 37.8 Å². The number of hydrogen-bond donors (Lipinski definition) is 0. The van der Waals surface area contributed by atoms with Crippen molar-refractivity contribution in [1.29, 1.82) is 5.26 Å². The Morgan fingerprint density at radius 2 is 1.71 bits per heavy atom. The molecule has 0 bridgehead atoms. The van der Waals surface area contributed by atoms with Crippen LogP contribution in [0.5, 0.6) is 0 Å². The van der Waals surface area contributed by atoms with Crippen molar-refractivity contribution in [2.24, 2.45) is 0 Å². The van der Waals surface area contributed by atoms with Crippen molar-refractivity contribution in [2.75, 3.05) is 44.7 Å². The topological polar surface area (TPSA) is 53.8 Å². The summed E-state index contributed by atoms with van der Waals surface area (Å²) < 4.78 is 40.0. The molecule has 6 nitrogen and oxygen atoms in total. The molecule has 2 fully saturated rings. The van der Waals surface area contributed by atoms with Crippen molar-refractivity contribution in [3.05, 3.63) is 100 Å². The fraction of sp³-hybridized carbons (Fsp3) is 0.375. The molecule has 2 aliphatic rings. The van der Waals surface area contributed by atoms with E-state index in [0.717, 1.165) is 23.4 Å². The molecule has 220 valence electrons. The second-order valence-corrected chi connectivity index (χ2v) is 11.4. The van der Waals surface area contributed by atoms with Crippen molar-refractivity contribution in [3.8, 4) is 6.07 Å². The van der Waals surface area contributed by atoms with E-state index in [0.29, 0.717) is 56.8 Å². The van der Waals surface area contributed by atoms with Gasteiger partial charge in [-0.05, 0) is 54.9 Å². The number of likely N-dealkylation sites (tertiary alicyclic amines) is 1. The Bertz CT molecular complexity index is 1440. The number of nitriles is 1. The molecule has 2 atom stereocenters. The normalized spacial score (nSPS) is 19.7. The van der Waals surface area contributed by atoms with Crippen LogP contribution in [0.4, 0.5) is 18.9 Å². The van der Waals surface area contributed by atoms with Gasteiger partial charge < -0.3 is 9.80 Å². The molecule has 2 saturated heterocycles. The van der Waals surface area contributed by atoms with E-state index in [4.69, 9.17) is 11.6 Å². The average Bonchev–Trinajstić information content (AvgIpc) is 3.41. The molecule has 0 radical (unpaired) electrons. The Labute approximate surface area is 249 Å². The highest BCUT2D eigenvalue weighted by atomic mass is 35.5. The lowest BCUT2D eigenvalue weighted by Crippen LogP contribution is -2.53. The highest BCUT2D eigenvalue weighted by Gasteiger charge is 2.41. The van der Waals surface area contributed by atoms with Gasteiger partial charge in [0.1, 0.15) is 6.07 Å². The van der Waals surface area contributed by atoms with Gasteiger partial charge in [-0.15, -0.1) is 0 Å². The minimum absolute atomic E-state index is 0.0444. The maximum Gasteiger partial charge on any atom is 0.416 e. The molecule has 42 heavy (non-hydrogen) atoms. The number of amides is 1. The van der Waals surface area contributed by atoms with Gasteiger partial charge in [0.25, 0.3) is 0 Å². The van der Waals surface area contributed by atoms with Crippen molar-refractivity contribution in [3.63, 3.8) is 0 Å². The summed E-state index contributed by atoms with van der Waals surface area (Å²) in [5, 5.41) is 9.79. The molecule has 5 rings (SSSR count). The monoisotopic (exact) mass is 595 g/mol. The van der Waals surface area contributed by atoms with Crippen molar-refractivity contribution >= 4 is 23.2 Å². The Morgan fingerprint density at radius 1 is 1.02 bits per heavy atom. The van der Waals surface area contributed by atoms with Crippen LogP contribution >= 0.6 is 11.6 Å². The Balaban J connectivity index is 1.30. The number of rotatable bonds is 7. The SMILES string of the molecule is CN(Cc1cc(C(F)(F)F)ccc1Cl)C1CC(C(=O)N2CCN(c3ccccc3C#N)CC2)N(Cc2ccccc2)C1. The van der Waals surface area contributed by atoms with Gasteiger partial charge in [0.15, 0.2) is 0 Å². The van der Waals surface area contributed by atoms with Gasteiger partial charge in [-0.1, -0.05) is 54.1 Å². The first-order valence-corrected chi connectivity index (χ1v) is 14.4. The summed E-state index contributed by atoms with van der Waals surface area (Å²) in [5.41, 5.74) is 2.28. The Morgan fingerprint density at radius 3 is 2.40 bits per heavy atom. The van der Waals surface area contributed by atoms with Gasteiger partial charge in [0.2, 0.25) is 5.91 Å². The van der Waals surface area contributed by atoms with Crippen molar-refractivity contribution < 1.29 is 18.0 Å². The first kappa shape index (κ1) is 29.9. The zero-order valence-corrected chi connectivity index (χ0v) is 24.2. The van der Waals surface area contributed by atoms with E-state index < -0.39 is 11.7 Å². The number of carbonyl (C=O) groups excluding carboxylic acids is 1. The molecule has 0 aromatic heterocycles. The second kappa shape index (κ2) is 12.7. The van der Waals surface area contributed by atoms with Crippen LogP contribution in [0.1, 0.15) is 28.7 Å². The number of likely N-dealkylation sites (N-methyl/N-ethyl adjacent to an activating group) is 1. The van der Waals surface area contributed by atoms with Crippen molar-refractivity contribution in [1.82, 2.24) is 14.7 Å². The number of para-hydroxylation sites is 1. The molecule has 2 unspecified atom stereocenters. The van der Waals surface area contributed by atoms with Gasteiger partial charge in [-0.25, -0.2) is 0 Å². The lowest BCUT2D eigenvalue weighted by atomic mass is 10.1. The van der Waals surface area contributed by atoms with Gasteiger partial charge in [-0.2, -0.15) is 18.4 Å². The summed E-state index contributed by atoms with van der Waals surface area (Å²) >= 11 is 6.30. The first-order chi connectivity index (χ1) is 20.1. The van der Waals surface area contributed by atoms with Gasteiger partial charge in [0, 0.05) is 56.9 Å². The van der Waals surface area contributed by atoms with E-state index in [1.807, 2.05) is 65.4 Å². The third kappa shape index (κ3) is 6.73. The predicted molar refractivity (Wildman–Crippen MR) is 157 cm³/mol. The molecule has 0 spiro atoms. The van der Waals surface area contributed by atoms with E-state index in [-0.39, 0.29) is 29.6 Å². The number of halogens is 4. The summed E-state index contributed by atoms with van der Waals surface area (Å²) in [6.07, 6.45) is -3.88. The van der Waals surface area contributed by atoms with Crippen LogP contribution in [-0.2, 0) is 24.1 Å². The highest BCUT2D eigenvalue weighted by Crippen LogP contribution is 2.33. The largest absolute Gasteiger partial charge is 0.416 e. The van der Waals surface area contributed by atoms with Crippen LogP contribution in [0.15, 0.2) is 72.8 Å².